The number of hydrogen-bond acceptors (Lipinski definition) is 5. The lowest BCUT2D eigenvalue weighted by molar-refractivity contribution is 0.396. The van der Waals surface area contributed by atoms with Gasteiger partial charge in [-0.2, -0.15) is 16.3 Å². The summed E-state index contributed by atoms with van der Waals surface area (Å²) < 4.78 is 5.11. The van der Waals surface area contributed by atoms with Crippen molar-refractivity contribution in [2.24, 2.45) is 0 Å². The van der Waals surface area contributed by atoms with E-state index < -0.39 is 0 Å². The van der Waals surface area contributed by atoms with E-state index in [9.17, 15) is 0 Å². The number of nitrogens with zero attached hydrogens (tertiary/aromatic N) is 2. The molecule has 17 heavy (non-hydrogen) atoms. The lowest BCUT2D eigenvalue weighted by Crippen LogP contribution is -2.04. The summed E-state index contributed by atoms with van der Waals surface area (Å²) in [6.45, 7) is 4.73. The second kappa shape index (κ2) is 5.14. The van der Waals surface area contributed by atoms with Gasteiger partial charge in [-0.05, 0) is 35.7 Å². The molecule has 5 heteroatoms. The SMILES string of the molecule is COc1cc(NCc2cscc2C)nc(C)n1. The van der Waals surface area contributed by atoms with E-state index in [0.29, 0.717) is 11.7 Å². The van der Waals surface area contributed by atoms with Crippen molar-refractivity contribution in [3.05, 3.63) is 33.8 Å². The molecule has 2 heterocycles. The number of ether oxygens (including phenoxy) is 1. The van der Waals surface area contributed by atoms with E-state index in [1.807, 2.05) is 6.92 Å². The van der Waals surface area contributed by atoms with Gasteiger partial charge in [-0.1, -0.05) is 0 Å². The average Bonchev–Trinajstić information content (AvgIpc) is 2.71. The molecule has 1 N–H and O–H groups in total. The third-order valence-electron chi connectivity index (χ3n) is 2.45. The monoisotopic (exact) mass is 249 g/mol. The lowest BCUT2D eigenvalue weighted by Gasteiger charge is -2.07. The van der Waals surface area contributed by atoms with E-state index in [4.69, 9.17) is 4.74 Å². The van der Waals surface area contributed by atoms with E-state index in [1.165, 1.54) is 11.1 Å². The van der Waals surface area contributed by atoms with Gasteiger partial charge in [0.2, 0.25) is 5.88 Å². The molecule has 0 unspecified atom stereocenters. The van der Waals surface area contributed by atoms with Crippen LogP contribution in [0.4, 0.5) is 5.82 Å². The molecule has 0 aliphatic heterocycles. The van der Waals surface area contributed by atoms with Gasteiger partial charge in [0.05, 0.1) is 7.11 Å². The van der Waals surface area contributed by atoms with Crippen LogP contribution in [0.1, 0.15) is 17.0 Å². The quantitative estimate of drug-likeness (QED) is 0.905. The topological polar surface area (TPSA) is 47.0 Å². The molecule has 0 aliphatic carbocycles. The van der Waals surface area contributed by atoms with Crippen molar-refractivity contribution in [3.63, 3.8) is 0 Å². The van der Waals surface area contributed by atoms with Crippen LogP contribution in [0.25, 0.3) is 0 Å². The van der Waals surface area contributed by atoms with E-state index in [2.05, 4.69) is 33.0 Å². The highest BCUT2D eigenvalue weighted by molar-refractivity contribution is 7.08. The zero-order chi connectivity index (χ0) is 12.3. The molecule has 0 spiro atoms. The highest BCUT2D eigenvalue weighted by Crippen LogP contribution is 2.17. The molecular formula is C12H15N3OS. The van der Waals surface area contributed by atoms with Gasteiger partial charge in [0.25, 0.3) is 0 Å². The molecule has 2 aromatic heterocycles. The number of nitrogens with one attached hydrogen (secondary N) is 1. The average molecular weight is 249 g/mol. The minimum atomic E-state index is 0.585. The third-order valence-corrected chi connectivity index (χ3v) is 3.36. The Labute approximate surface area is 105 Å². The predicted molar refractivity (Wildman–Crippen MR) is 69.7 cm³/mol. The first kappa shape index (κ1) is 11.9. The summed E-state index contributed by atoms with van der Waals surface area (Å²) in [5.74, 6) is 2.08. The van der Waals surface area contributed by atoms with Gasteiger partial charge in [-0.25, -0.2) is 4.98 Å². The number of aryl methyl sites for hydroxylation is 2. The summed E-state index contributed by atoms with van der Waals surface area (Å²) in [5, 5.41) is 7.57. The zero-order valence-corrected chi connectivity index (χ0v) is 11.0. The molecule has 0 amide bonds. The normalized spacial score (nSPS) is 10.3. The molecule has 0 aromatic carbocycles. The summed E-state index contributed by atoms with van der Waals surface area (Å²) in [6.07, 6.45) is 0. The van der Waals surface area contributed by atoms with Crippen LogP contribution >= 0.6 is 11.3 Å². The van der Waals surface area contributed by atoms with Gasteiger partial charge >= 0.3 is 0 Å². The smallest absolute Gasteiger partial charge is 0.218 e. The molecule has 0 aliphatic rings. The van der Waals surface area contributed by atoms with Gasteiger partial charge < -0.3 is 10.1 Å². The summed E-state index contributed by atoms with van der Waals surface area (Å²) in [4.78, 5) is 8.46. The van der Waals surface area contributed by atoms with Crippen LogP contribution in [-0.4, -0.2) is 17.1 Å². The molecule has 0 fully saturated rings. The van der Waals surface area contributed by atoms with Crippen molar-refractivity contribution in [2.45, 2.75) is 20.4 Å². The number of anilines is 1. The lowest BCUT2D eigenvalue weighted by atomic mass is 10.2. The van der Waals surface area contributed by atoms with Crippen molar-refractivity contribution in [1.29, 1.82) is 0 Å². The Balaban J connectivity index is 2.09. The van der Waals surface area contributed by atoms with Gasteiger partial charge in [0.1, 0.15) is 11.6 Å². The van der Waals surface area contributed by atoms with Crippen molar-refractivity contribution in [2.75, 3.05) is 12.4 Å². The first-order valence-corrected chi connectivity index (χ1v) is 6.28. The highest BCUT2D eigenvalue weighted by Gasteiger charge is 2.03. The fourth-order valence-electron chi connectivity index (χ4n) is 1.49. The van der Waals surface area contributed by atoms with E-state index >= 15 is 0 Å². The predicted octanol–water partition coefficient (Wildman–Crippen LogP) is 2.78. The van der Waals surface area contributed by atoms with Crippen molar-refractivity contribution in [3.8, 4) is 5.88 Å². The number of hydrogen-bond donors (Lipinski definition) is 1. The zero-order valence-electron chi connectivity index (χ0n) is 10.2. The van der Waals surface area contributed by atoms with Crippen LogP contribution in [0, 0.1) is 13.8 Å². The van der Waals surface area contributed by atoms with Crippen LogP contribution in [0.15, 0.2) is 16.8 Å². The van der Waals surface area contributed by atoms with Gasteiger partial charge in [-0.3, -0.25) is 0 Å². The Hall–Kier alpha value is -1.62. The fourth-order valence-corrected chi connectivity index (χ4v) is 2.35. The Kier molecular flexibility index (Phi) is 3.58. The maximum Gasteiger partial charge on any atom is 0.218 e. The molecular weight excluding hydrogens is 234 g/mol. The van der Waals surface area contributed by atoms with E-state index in [0.717, 1.165) is 12.4 Å². The Bertz CT molecular complexity index is 510. The van der Waals surface area contributed by atoms with Crippen LogP contribution < -0.4 is 10.1 Å². The van der Waals surface area contributed by atoms with Crippen molar-refractivity contribution >= 4 is 17.2 Å². The van der Waals surface area contributed by atoms with Gasteiger partial charge in [-0.15, -0.1) is 0 Å². The Morgan fingerprint density at radius 3 is 2.76 bits per heavy atom. The summed E-state index contributed by atoms with van der Waals surface area (Å²) in [7, 11) is 1.61. The fraction of sp³-hybridized carbons (Fsp3) is 0.333. The maximum atomic E-state index is 5.11. The van der Waals surface area contributed by atoms with Crippen molar-refractivity contribution < 1.29 is 4.74 Å². The molecule has 4 nitrogen and oxygen atoms in total. The van der Waals surface area contributed by atoms with Crippen LogP contribution in [0.3, 0.4) is 0 Å². The van der Waals surface area contributed by atoms with Gasteiger partial charge in [0.15, 0.2) is 0 Å². The summed E-state index contributed by atoms with van der Waals surface area (Å²) in [5.41, 5.74) is 2.60. The number of aromatic nitrogens is 2. The Morgan fingerprint density at radius 2 is 2.12 bits per heavy atom. The Morgan fingerprint density at radius 1 is 1.29 bits per heavy atom. The molecule has 2 aromatic rings. The molecule has 0 radical (unpaired) electrons. The number of thiophene rings is 1. The second-order valence-electron chi connectivity index (χ2n) is 3.78. The minimum absolute atomic E-state index is 0.585. The molecule has 0 saturated carbocycles. The highest BCUT2D eigenvalue weighted by atomic mass is 32.1. The second-order valence-corrected chi connectivity index (χ2v) is 4.52. The van der Waals surface area contributed by atoms with Crippen molar-refractivity contribution in [1.82, 2.24) is 9.97 Å². The largest absolute Gasteiger partial charge is 0.481 e. The molecule has 2 rings (SSSR count). The summed E-state index contributed by atoms with van der Waals surface area (Å²) >= 11 is 1.71. The number of methoxy groups -OCH3 is 1. The minimum Gasteiger partial charge on any atom is -0.481 e. The van der Waals surface area contributed by atoms with Gasteiger partial charge in [0, 0.05) is 12.6 Å². The molecule has 0 saturated heterocycles. The maximum absolute atomic E-state index is 5.11. The third kappa shape index (κ3) is 2.94. The van der Waals surface area contributed by atoms with E-state index in [1.54, 1.807) is 24.5 Å². The van der Waals surface area contributed by atoms with Crippen LogP contribution in [0.2, 0.25) is 0 Å². The first-order chi connectivity index (χ1) is 8.19. The standard InChI is InChI=1S/C12H15N3OS/c1-8-6-17-7-10(8)5-13-11-4-12(16-3)15-9(2)14-11/h4,6-7H,5H2,1-3H3,(H,13,14,15). The van der Waals surface area contributed by atoms with Crippen LogP contribution in [-0.2, 0) is 6.54 Å². The summed E-state index contributed by atoms with van der Waals surface area (Å²) in [6, 6.07) is 1.80. The van der Waals surface area contributed by atoms with E-state index in [-0.39, 0.29) is 0 Å². The molecule has 0 bridgehead atoms. The van der Waals surface area contributed by atoms with Crippen LogP contribution in [0.5, 0.6) is 5.88 Å². The molecule has 90 valence electrons. The first-order valence-electron chi connectivity index (χ1n) is 5.34. The number of rotatable bonds is 4. The molecule has 0 atom stereocenters.